The second kappa shape index (κ2) is 5.27. The van der Waals surface area contributed by atoms with Crippen LogP contribution in [0.5, 0.6) is 0 Å². The lowest BCUT2D eigenvalue weighted by Gasteiger charge is -2.16. The van der Waals surface area contributed by atoms with Crippen LogP contribution in [0.2, 0.25) is 0 Å². The Kier molecular flexibility index (Phi) is 3.47. The van der Waals surface area contributed by atoms with Gasteiger partial charge in [-0.25, -0.2) is 0 Å². The summed E-state index contributed by atoms with van der Waals surface area (Å²) in [6, 6.07) is 6.29. The Balaban J connectivity index is 1.62. The van der Waals surface area contributed by atoms with Crippen LogP contribution in [0.3, 0.4) is 0 Å². The van der Waals surface area contributed by atoms with Crippen molar-refractivity contribution in [2.45, 2.75) is 32.7 Å². The molecule has 1 saturated carbocycles. The molecule has 2 aromatic rings. The van der Waals surface area contributed by atoms with Gasteiger partial charge in [-0.1, -0.05) is 11.6 Å². The number of hydrogen-bond donors (Lipinski definition) is 0. The lowest BCUT2D eigenvalue weighted by Crippen LogP contribution is -2.29. The van der Waals surface area contributed by atoms with Gasteiger partial charge in [0.1, 0.15) is 0 Å². The van der Waals surface area contributed by atoms with Gasteiger partial charge in [-0.3, -0.25) is 9.48 Å². The number of fused-ring (bicyclic) bond motifs is 1. The minimum Gasteiger partial charge on any atom is -0.345 e. The SMILES string of the molecule is Cc1ccc2c(cnn2CCC(=O)N(C)CC2CC2)c1. The van der Waals surface area contributed by atoms with Gasteiger partial charge in [0.15, 0.2) is 0 Å². The lowest BCUT2D eigenvalue weighted by molar-refractivity contribution is -0.130. The van der Waals surface area contributed by atoms with E-state index < -0.39 is 0 Å². The molecule has 1 amide bonds. The van der Waals surface area contributed by atoms with E-state index in [4.69, 9.17) is 0 Å². The molecular weight excluding hydrogens is 250 g/mol. The van der Waals surface area contributed by atoms with Gasteiger partial charge in [-0.15, -0.1) is 0 Å². The van der Waals surface area contributed by atoms with Crippen LogP contribution >= 0.6 is 0 Å². The number of nitrogens with zero attached hydrogens (tertiary/aromatic N) is 3. The minimum atomic E-state index is 0.215. The molecule has 0 atom stereocenters. The molecule has 1 fully saturated rings. The molecule has 1 heterocycles. The first-order chi connectivity index (χ1) is 9.63. The lowest BCUT2D eigenvalue weighted by atomic mass is 10.2. The number of amides is 1. The number of carbonyl (C=O) groups is 1. The van der Waals surface area contributed by atoms with Crippen molar-refractivity contribution in [2.75, 3.05) is 13.6 Å². The molecule has 3 rings (SSSR count). The molecule has 0 bridgehead atoms. The fourth-order valence-corrected chi connectivity index (χ4v) is 2.57. The second-order valence-electron chi connectivity index (χ2n) is 5.90. The predicted molar refractivity (Wildman–Crippen MR) is 79.4 cm³/mol. The summed E-state index contributed by atoms with van der Waals surface area (Å²) in [7, 11) is 1.91. The summed E-state index contributed by atoms with van der Waals surface area (Å²) in [5, 5.41) is 5.53. The molecule has 20 heavy (non-hydrogen) atoms. The van der Waals surface area contributed by atoms with Gasteiger partial charge in [0.2, 0.25) is 5.91 Å². The van der Waals surface area contributed by atoms with Crippen LogP contribution in [0.1, 0.15) is 24.8 Å². The predicted octanol–water partition coefficient (Wildman–Crippen LogP) is 2.60. The van der Waals surface area contributed by atoms with Crippen LogP contribution in [0.25, 0.3) is 10.9 Å². The van der Waals surface area contributed by atoms with Crippen molar-refractivity contribution in [3.8, 4) is 0 Å². The summed E-state index contributed by atoms with van der Waals surface area (Å²) >= 11 is 0. The van der Waals surface area contributed by atoms with Crippen LogP contribution in [-0.4, -0.2) is 34.2 Å². The standard InChI is InChI=1S/C16H21N3O/c1-12-3-6-15-14(9-12)10-17-19(15)8-7-16(20)18(2)11-13-4-5-13/h3,6,9-10,13H,4-5,7-8,11H2,1-2H3. The van der Waals surface area contributed by atoms with Gasteiger partial charge in [-0.05, 0) is 37.8 Å². The van der Waals surface area contributed by atoms with E-state index in [0.717, 1.165) is 23.4 Å². The minimum absolute atomic E-state index is 0.215. The van der Waals surface area contributed by atoms with E-state index in [9.17, 15) is 4.79 Å². The summed E-state index contributed by atoms with van der Waals surface area (Å²) in [6.07, 6.45) is 4.95. The Labute approximate surface area is 119 Å². The summed E-state index contributed by atoms with van der Waals surface area (Å²) < 4.78 is 1.93. The zero-order valence-corrected chi connectivity index (χ0v) is 12.2. The average Bonchev–Trinajstić information content (AvgIpc) is 3.15. The summed E-state index contributed by atoms with van der Waals surface area (Å²) in [5.74, 6) is 0.963. The van der Waals surface area contributed by atoms with Gasteiger partial charge >= 0.3 is 0 Å². The van der Waals surface area contributed by atoms with Gasteiger partial charge in [0, 0.05) is 25.4 Å². The Hall–Kier alpha value is -1.84. The molecule has 0 aliphatic heterocycles. The zero-order chi connectivity index (χ0) is 14.1. The molecule has 4 heteroatoms. The van der Waals surface area contributed by atoms with Crippen molar-refractivity contribution in [1.82, 2.24) is 14.7 Å². The highest BCUT2D eigenvalue weighted by Crippen LogP contribution is 2.29. The highest BCUT2D eigenvalue weighted by atomic mass is 16.2. The van der Waals surface area contributed by atoms with Crippen molar-refractivity contribution >= 4 is 16.8 Å². The van der Waals surface area contributed by atoms with E-state index in [0.29, 0.717) is 13.0 Å². The number of aromatic nitrogens is 2. The molecule has 1 aliphatic carbocycles. The number of rotatable bonds is 5. The maximum absolute atomic E-state index is 12.1. The average molecular weight is 271 g/mol. The second-order valence-corrected chi connectivity index (χ2v) is 5.90. The largest absolute Gasteiger partial charge is 0.345 e. The number of hydrogen-bond acceptors (Lipinski definition) is 2. The Morgan fingerprint density at radius 2 is 2.25 bits per heavy atom. The number of carbonyl (C=O) groups excluding carboxylic acids is 1. The normalized spacial score (nSPS) is 14.7. The molecule has 0 radical (unpaired) electrons. The molecular formula is C16H21N3O. The van der Waals surface area contributed by atoms with E-state index in [1.165, 1.54) is 18.4 Å². The van der Waals surface area contributed by atoms with E-state index in [1.807, 2.05) is 22.8 Å². The van der Waals surface area contributed by atoms with Gasteiger partial charge < -0.3 is 4.90 Å². The van der Waals surface area contributed by atoms with Crippen LogP contribution in [0, 0.1) is 12.8 Å². The maximum atomic E-state index is 12.1. The van der Waals surface area contributed by atoms with Gasteiger partial charge in [0.25, 0.3) is 0 Å². The topological polar surface area (TPSA) is 38.1 Å². The molecule has 0 N–H and O–H groups in total. The van der Waals surface area contributed by atoms with Crippen LogP contribution < -0.4 is 0 Å². The number of aryl methyl sites for hydroxylation is 2. The molecule has 0 unspecified atom stereocenters. The summed E-state index contributed by atoms with van der Waals surface area (Å²) in [5.41, 5.74) is 2.34. The van der Waals surface area contributed by atoms with Gasteiger partial charge in [-0.2, -0.15) is 5.10 Å². The Morgan fingerprint density at radius 3 is 3.00 bits per heavy atom. The van der Waals surface area contributed by atoms with Crippen molar-refractivity contribution < 1.29 is 4.79 Å². The molecule has 0 spiro atoms. The number of benzene rings is 1. The first-order valence-electron chi connectivity index (χ1n) is 7.29. The highest BCUT2D eigenvalue weighted by molar-refractivity contribution is 5.80. The first kappa shape index (κ1) is 13.2. The van der Waals surface area contributed by atoms with Gasteiger partial charge in [0.05, 0.1) is 18.3 Å². The molecule has 4 nitrogen and oxygen atoms in total. The summed E-state index contributed by atoms with van der Waals surface area (Å²) in [6.45, 7) is 3.64. The van der Waals surface area contributed by atoms with E-state index in [1.54, 1.807) is 0 Å². The van der Waals surface area contributed by atoms with Crippen LogP contribution in [0.15, 0.2) is 24.4 Å². The molecule has 106 valence electrons. The molecule has 1 aromatic carbocycles. The zero-order valence-electron chi connectivity index (χ0n) is 12.2. The first-order valence-corrected chi connectivity index (χ1v) is 7.29. The highest BCUT2D eigenvalue weighted by Gasteiger charge is 2.24. The van der Waals surface area contributed by atoms with E-state index in [2.05, 4.69) is 30.2 Å². The van der Waals surface area contributed by atoms with Crippen molar-refractivity contribution in [1.29, 1.82) is 0 Å². The van der Waals surface area contributed by atoms with Crippen LogP contribution in [0.4, 0.5) is 0 Å². The van der Waals surface area contributed by atoms with Crippen molar-refractivity contribution in [3.63, 3.8) is 0 Å². The Morgan fingerprint density at radius 1 is 1.45 bits per heavy atom. The van der Waals surface area contributed by atoms with Crippen LogP contribution in [-0.2, 0) is 11.3 Å². The molecule has 0 saturated heterocycles. The fraction of sp³-hybridized carbons (Fsp3) is 0.500. The van der Waals surface area contributed by atoms with Crippen molar-refractivity contribution in [2.24, 2.45) is 5.92 Å². The third-order valence-corrected chi connectivity index (χ3v) is 3.99. The Bertz CT molecular complexity index is 628. The third-order valence-electron chi connectivity index (χ3n) is 3.99. The monoisotopic (exact) mass is 271 g/mol. The molecule has 1 aromatic heterocycles. The maximum Gasteiger partial charge on any atom is 0.224 e. The smallest absolute Gasteiger partial charge is 0.224 e. The fourth-order valence-electron chi connectivity index (χ4n) is 2.57. The van der Waals surface area contributed by atoms with E-state index in [-0.39, 0.29) is 5.91 Å². The van der Waals surface area contributed by atoms with E-state index >= 15 is 0 Å². The third kappa shape index (κ3) is 2.84. The van der Waals surface area contributed by atoms with Crippen molar-refractivity contribution in [3.05, 3.63) is 30.0 Å². The molecule has 1 aliphatic rings. The quantitative estimate of drug-likeness (QED) is 0.838. The summed E-state index contributed by atoms with van der Waals surface area (Å²) in [4.78, 5) is 13.9.